The summed E-state index contributed by atoms with van der Waals surface area (Å²) >= 11 is 0. The number of aromatic nitrogens is 1. The maximum absolute atomic E-state index is 4.11. The number of aryl methyl sites for hydroxylation is 3. The zero-order valence-electron chi connectivity index (χ0n) is 12.9. The summed E-state index contributed by atoms with van der Waals surface area (Å²) in [6.07, 6.45) is 4.76. The van der Waals surface area contributed by atoms with Crippen LogP contribution in [-0.2, 0) is 6.42 Å². The van der Waals surface area contributed by atoms with Gasteiger partial charge < -0.3 is 5.32 Å². The summed E-state index contributed by atoms with van der Waals surface area (Å²) in [4.78, 5) is 4.11. The van der Waals surface area contributed by atoms with Crippen molar-refractivity contribution in [2.45, 2.75) is 40.2 Å². The molecule has 2 nitrogen and oxygen atoms in total. The molecular formula is C18H24N2. The van der Waals surface area contributed by atoms with Gasteiger partial charge in [0.1, 0.15) is 0 Å². The van der Waals surface area contributed by atoms with Gasteiger partial charge in [0.05, 0.1) is 0 Å². The molecule has 106 valence electrons. The Morgan fingerprint density at radius 3 is 2.20 bits per heavy atom. The van der Waals surface area contributed by atoms with Gasteiger partial charge in [-0.05, 0) is 68.1 Å². The van der Waals surface area contributed by atoms with Crippen LogP contribution in [0.4, 0.5) is 0 Å². The highest BCUT2D eigenvalue weighted by Gasteiger charge is 2.14. The fraction of sp³-hybridized carbons (Fsp3) is 0.389. The van der Waals surface area contributed by atoms with Gasteiger partial charge in [0.25, 0.3) is 0 Å². The average molecular weight is 268 g/mol. The third-order valence-electron chi connectivity index (χ3n) is 3.81. The largest absolute Gasteiger partial charge is 0.310 e. The lowest BCUT2D eigenvalue weighted by Gasteiger charge is -2.21. The van der Waals surface area contributed by atoms with E-state index < -0.39 is 0 Å². The van der Waals surface area contributed by atoms with Crippen LogP contribution >= 0.6 is 0 Å². The van der Waals surface area contributed by atoms with Crippen molar-refractivity contribution in [2.24, 2.45) is 0 Å². The Morgan fingerprint density at radius 1 is 1.05 bits per heavy atom. The van der Waals surface area contributed by atoms with E-state index >= 15 is 0 Å². The molecule has 1 heterocycles. The van der Waals surface area contributed by atoms with Crippen molar-refractivity contribution in [1.29, 1.82) is 0 Å². The molecule has 1 aromatic carbocycles. The minimum Gasteiger partial charge on any atom is -0.310 e. The lowest BCUT2D eigenvalue weighted by molar-refractivity contribution is 0.547. The zero-order chi connectivity index (χ0) is 14.5. The minimum atomic E-state index is 0.350. The van der Waals surface area contributed by atoms with Crippen molar-refractivity contribution in [1.82, 2.24) is 10.3 Å². The molecule has 0 aliphatic rings. The molecule has 2 rings (SSSR count). The van der Waals surface area contributed by atoms with E-state index in [2.05, 4.69) is 62.3 Å². The van der Waals surface area contributed by atoms with Crippen molar-refractivity contribution in [3.05, 3.63) is 64.5 Å². The second-order valence-electron chi connectivity index (χ2n) is 5.47. The minimum absolute atomic E-state index is 0.350. The molecule has 0 spiro atoms. The van der Waals surface area contributed by atoms with Crippen LogP contribution in [0.1, 0.15) is 40.8 Å². The van der Waals surface area contributed by atoms with Gasteiger partial charge in [0.15, 0.2) is 0 Å². The van der Waals surface area contributed by atoms with Crippen LogP contribution in [0.2, 0.25) is 0 Å². The third-order valence-corrected chi connectivity index (χ3v) is 3.81. The summed E-state index contributed by atoms with van der Waals surface area (Å²) in [7, 11) is 0. The van der Waals surface area contributed by atoms with Crippen molar-refractivity contribution in [3.8, 4) is 0 Å². The topological polar surface area (TPSA) is 24.9 Å². The molecule has 2 heteroatoms. The van der Waals surface area contributed by atoms with E-state index in [0.29, 0.717) is 6.04 Å². The number of benzene rings is 1. The molecule has 1 unspecified atom stereocenters. The van der Waals surface area contributed by atoms with E-state index in [1.165, 1.54) is 27.8 Å². The molecule has 0 aliphatic heterocycles. The second-order valence-corrected chi connectivity index (χ2v) is 5.47. The molecule has 0 aliphatic carbocycles. The standard InChI is InChI=1S/C18H24N2/c1-5-20-18(16-6-8-19-9-7-16)12-17-14(3)10-13(2)11-15(17)4/h6-11,18,20H,5,12H2,1-4H3. The quantitative estimate of drug-likeness (QED) is 0.889. The summed E-state index contributed by atoms with van der Waals surface area (Å²) in [6, 6.07) is 9.11. The normalized spacial score (nSPS) is 12.4. The maximum atomic E-state index is 4.11. The molecule has 0 amide bonds. The van der Waals surface area contributed by atoms with E-state index in [-0.39, 0.29) is 0 Å². The van der Waals surface area contributed by atoms with Gasteiger partial charge in [0, 0.05) is 18.4 Å². The molecule has 1 atom stereocenters. The van der Waals surface area contributed by atoms with Gasteiger partial charge in [-0.3, -0.25) is 4.98 Å². The van der Waals surface area contributed by atoms with Crippen molar-refractivity contribution in [3.63, 3.8) is 0 Å². The van der Waals surface area contributed by atoms with E-state index in [1.54, 1.807) is 0 Å². The molecule has 1 N–H and O–H groups in total. The van der Waals surface area contributed by atoms with Crippen LogP contribution in [0.3, 0.4) is 0 Å². The predicted octanol–water partition coefficient (Wildman–Crippen LogP) is 3.90. The molecule has 1 aromatic heterocycles. The number of nitrogens with zero attached hydrogens (tertiary/aromatic N) is 1. The highest BCUT2D eigenvalue weighted by Crippen LogP contribution is 2.24. The van der Waals surface area contributed by atoms with Crippen LogP contribution in [0.15, 0.2) is 36.7 Å². The Hall–Kier alpha value is -1.67. The summed E-state index contributed by atoms with van der Waals surface area (Å²) in [5, 5.41) is 3.59. The maximum Gasteiger partial charge on any atom is 0.0362 e. The van der Waals surface area contributed by atoms with Gasteiger partial charge in [0.2, 0.25) is 0 Å². The molecule has 2 aromatic rings. The first-order valence-corrected chi connectivity index (χ1v) is 7.31. The highest BCUT2D eigenvalue weighted by molar-refractivity contribution is 5.38. The van der Waals surface area contributed by atoms with E-state index in [9.17, 15) is 0 Å². The van der Waals surface area contributed by atoms with Gasteiger partial charge in [-0.25, -0.2) is 0 Å². The first-order chi connectivity index (χ1) is 9.61. The molecule has 0 saturated heterocycles. The molecule has 0 saturated carbocycles. The molecule has 20 heavy (non-hydrogen) atoms. The summed E-state index contributed by atoms with van der Waals surface area (Å²) < 4.78 is 0. The Balaban J connectivity index is 2.30. The van der Waals surface area contributed by atoms with Crippen LogP contribution in [-0.4, -0.2) is 11.5 Å². The Bertz CT molecular complexity index is 538. The lowest BCUT2D eigenvalue weighted by Crippen LogP contribution is -2.23. The molecule has 0 radical (unpaired) electrons. The van der Waals surface area contributed by atoms with Crippen LogP contribution < -0.4 is 5.32 Å². The van der Waals surface area contributed by atoms with E-state index in [1.807, 2.05) is 12.4 Å². The summed E-state index contributed by atoms with van der Waals surface area (Å²) in [6.45, 7) is 9.71. The Labute approximate surface area is 122 Å². The number of hydrogen-bond donors (Lipinski definition) is 1. The summed E-state index contributed by atoms with van der Waals surface area (Å²) in [5.74, 6) is 0. The fourth-order valence-electron chi connectivity index (χ4n) is 2.89. The van der Waals surface area contributed by atoms with Crippen molar-refractivity contribution >= 4 is 0 Å². The number of pyridine rings is 1. The molecule has 0 fully saturated rings. The van der Waals surface area contributed by atoms with Crippen LogP contribution in [0.25, 0.3) is 0 Å². The van der Waals surface area contributed by atoms with Crippen LogP contribution in [0, 0.1) is 20.8 Å². The fourth-order valence-corrected chi connectivity index (χ4v) is 2.89. The smallest absolute Gasteiger partial charge is 0.0362 e. The monoisotopic (exact) mass is 268 g/mol. The highest BCUT2D eigenvalue weighted by atomic mass is 14.9. The first kappa shape index (κ1) is 14.7. The van der Waals surface area contributed by atoms with Crippen molar-refractivity contribution < 1.29 is 0 Å². The predicted molar refractivity (Wildman–Crippen MR) is 85.0 cm³/mol. The van der Waals surface area contributed by atoms with Gasteiger partial charge in [-0.1, -0.05) is 24.6 Å². The van der Waals surface area contributed by atoms with E-state index in [0.717, 1.165) is 13.0 Å². The first-order valence-electron chi connectivity index (χ1n) is 7.31. The van der Waals surface area contributed by atoms with Gasteiger partial charge in [-0.15, -0.1) is 0 Å². The molecular weight excluding hydrogens is 244 g/mol. The number of nitrogens with one attached hydrogen (secondary N) is 1. The second kappa shape index (κ2) is 6.67. The van der Waals surface area contributed by atoms with E-state index in [4.69, 9.17) is 0 Å². The summed E-state index contributed by atoms with van der Waals surface area (Å²) in [5.41, 5.74) is 6.88. The van der Waals surface area contributed by atoms with Crippen molar-refractivity contribution in [2.75, 3.05) is 6.54 Å². The Morgan fingerprint density at radius 2 is 1.65 bits per heavy atom. The number of likely N-dealkylation sites (N-methyl/N-ethyl adjacent to an activating group) is 1. The number of hydrogen-bond acceptors (Lipinski definition) is 2. The average Bonchev–Trinajstić information content (AvgIpc) is 2.42. The van der Waals surface area contributed by atoms with Crippen LogP contribution in [0.5, 0.6) is 0 Å². The third kappa shape index (κ3) is 3.45. The van der Waals surface area contributed by atoms with Gasteiger partial charge >= 0.3 is 0 Å². The van der Waals surface area contributed by atoms with Gasteiger partial charge in [-0.2, -0.15) is 0 Å². The zero-order valence-corrected chi connectivity index (χ0v) is 12.9. The number of rotatable bonds is 5. The Kier molecular flexibility index (Phi) is 4.91. The lowest BCUT2D eigenvalue weighted by atomic mass is 9.92. The SMILES string of the molecule is CCNC(Cc1c(C)cc(C)cc1C)c1ccncc1. The molecule has 0 bridgehead atoms.